The zero-order chi connectivity index (χ0) is 13.7. The number of anilines is 2. The first-order chi connectivity index (χ1) is 9.30. The molecule has 0 aromatic carbocycles. The van der Waals surface area contributed by atoms with Gasteiger partial charge in [-0.15, -0.1) is 11.3 Å². The van der Waals surface area contributed by atoms with Crippen molar-refractivity contribution >= 4 is 23.0 Å². The van der Waals surface area contributed by atoms with E-state index in [1.807, 2.05) is 7.05 Å². The smallest absolute Gasteiger partial charge is 0.204 e. The quantitative estimate of drug-likeness (QED) is 0.850. The van der Waals surface area contributed by atoms with Crippen molar-refractivity contribution in [1.29, 1.82) is 0 Å². The Morgan fingerprint density at radius 2 is 2.16 bits per heavy atom. The summed E-state index contributed by atoms with van der Waals surface area (Å²) in [6.45, 7) is 2.14. The summed E-state index contributed by atoms with van der Waals surface area (Å²) in [7, 11) is 3.43. The molecule has 1 atom stereocenters. The molecule has 0 amide bonds. The normalized spacial score (nSPS) is 11.9. The zero-order valence-electron chi connectivity index (χ0n) is 11.3. The number of nitrogens with zero attached hydrogens (tertiary/aromatic N) is 2. The van der Waals surface area contributed by atoms with Crippen LogP contribution in [0, 0.1) is 0 Å². The highest BCUT2D eigenvalue weighted by Crippen LogP contribution is 2.33. The maximum atomic E-state index is 5.38. The molecule has 0 saturated heterocycles. The van der Waals surface area contributed by atoms with Crippen LogP contribution < -0.4 is 15.4 Å². The first-order valence-electron chi connectivity index (χ1n) is 6.16. The minimum atomic E-state index is 0.230. The van der Waals surface area contributed by atoms with Crippen molar-refractivity contribution in [3.8, 4) is 5.75 Å². The van der Waals surface area contributed by atoms with Crippen LogP contribution >= 0.6 is 11.3 Å². The van der Waals surface area contributed by atoms with E-state index < -0.39 is 0 Å². The van der Waals surface area contributed by atoms with E-state index in [0.29, 0.717) is 17.4 Å². The Morgan fingerprint density at radius 3 is 2.74 bits per heavy atom. The van der Waals surface area contributed by atoms with Gasteiger partial charge < -0.3 is 15.4 Å². The van der Waals surface area contributed by atoms with E-state index in [-0.39, 0.29) is 6.04 Å². The van der Waals surface area contributed by atoms with Gasteiger partial charge in [-0.3, -0.25) is 0 Å². The third-order valence-corrected chi connectivity index (χ3v) is 3.84. The average molecular weight is 278 g/mol. The van der Waals surface area contributed by atoms with Crippen molar-refractivity contribution in [2.45, 2.75) is 19.4 Å². The topological polar surface area (TPSA) is 59.1 Å². The van der Waals surface area contributed by atoms with Gasteiger partial charge in [0.2, 0.25) is 5.75 Å². The minimum absolute atomic E-state index is 0.230. The van der Waals surface area contributed by atoms with Crippen molar-refractivity contribution in [3.05, 3.63) is 28.7 Å². The lowest BCUT2D eigenvalue weighted by Crippen LogP contribution is -2.11. The van der Waals surface area contributed by atoms with E-state index in [1.165, 1.54) is 11.2 Å². The molecule has 19 heavy (non-hydrogen) atoms. The van der Waals surface area contributed by atoms with Gasteiger partial charge in [0.05, 0.1) is 13.2 Å². The predicted molar refractivity (Wildman–Crippen MR) is 79.1 cm³/mol. The highest BCUT2D eigenvalue weighted by molar-refractivity contribution is 7.10. The molecule has 0 bridgehead atoms. The number of ether oxygens (including phenoxy) is 1. The molecule has 102 valence electrons. The molecule has 0 aliphatic carbocycles. The summed E-state index contributed by atoms with van der Waals surface area (Å²) in [6, 6.07) is 4.41. The molecule has 0 aliphatic rings. The Bertz CT molecular complexity index is 515. The van der Waals surface area contributed by atoms with Gasteiger partial charge in [0.1, 0.15) is 6.33 Å². The lowest BCUT2D eigenvalue weighted by atomic mass is 10.2. The molecule has 2 heterocycles. The Hall–Kier alpha value is -1.82. The number of rotatable bonds is 6. The summed E-state index contributed by atoms with van der Waals surface area (Å²) in [5.41, 5.74) is 0. The van der Waals surface area contributed by atoms with Gasteiger partial charge in [-0.1, -0.05) is 13.0 Å². The predicted octanol–water partition coefficient (Wildman–Crippen LogP) is 3.15. The van der Waals surface area contributed by atoms with Gasteiger partial charge in [0.25, 0.3) is 0 Å². The molecule has 0 saturated carbocycles. The van der Waals surface area contributed by atoms with E-state index >= 15 is 0 Å². The fourth-order valence-corrected chi connectivity index (χ4v) is 2.74. The van der Waals surface area contributed by atoms with Gasteiger partial charge in [-0.25, -0.2) is 9.97 Å². The van der Waals surface area contributed by atoms with E-state index in [4.69, 9.17) is 4.74 Å². The summed E-state index contributed by atoms with van der Waals surface area (Å²) >= 11 is 1.74. The molecule has 2 aromatic rings. The minimum Gasteiger partial charge on any atom is -0.490 e. The maximum Gasteiger partial charge on any atom is 0.204 e. The monoisotopic (exact) mass is 278 g/mol. The molecule has 2 aromatic heterocycles. The number of hydrogen-bond donors (Lipinski definition) is 2. The Morgan fingerprint density at radius 1 is 1.37 bits per heavy atom. The third-order valence-electron chi connectivity index (χ3n) is 2.85. The van der Waals surface area contributed by atoms with E-state index in [0.717, 1.165) is 6.42 Å². The second-order valence-electron chi connectivity index (χ2n) is 3.97. The van der Waals surface area contributed by atoms with Gasteiger partial charge in [-0.05, 0) is 17.9 Å². The summed E-state index contributed by atoms with van der Waals surface area (Å²) < 4.78 is 5.38. The lowest BCUT2D eigenvalue weighted by molar-refractivity contribution is 0.414. The van der Waals surface area contributed by atoms with Crippen LogP contribution in [0.15, 0.2) is 23.8 Å². The maximum absolute atomic E-state index is 5.38. The highest BCUT2D eigenvalue weighted by atomic mass is 32.1. The van der Waals surface area contributed by atoms with Crippen LogP contribution in [0.5, 0.6) is 5.75 Å². The van der Waals surface area contributed by atoms with Gasteiger partial charge in [0.15, 0.2) is 11.6 Å². The molecular formula is C13H18N4OS. The van der Waals surface area contributed by atoms with Crippen LogP contribution in [0.1, 0.15) is 24.3 Å². The first-order valence-corrected chi connectivity index (χ1v) is 7.04. The van der Waals surface area contributed by atoms with E-state index in [9.17, 15) is 0 Å². The van der Waals surface area contributed by atoms with Crippen LogP contribution in [0.25, 0.3) is 0 Å². The van der Waals surface area contributed by atoms with Crippen LogP contribution in [-0.2, 0) is 0 Å². The van der Waals surface area contributed by atoms with Crippen molar-refractivity contribution in [3.63, 3.8) is 0 Å². The van der Waals surface area contributed by atoms with Crippen molar-refractivity contribution in [2.75, 3.05) is 24.8 Å². The molecule has 0 radical (unpaired) electrons. The average Bonchev–Trinajstić information content (AvgIpc) is 2.98. The van der Waals surface area contributed by atoms with Crippen molar-refractivity contribution in [1.82, 2.24) is 9.97 Å². The second kappa shape index (κ2) is 6.38. The molecule has 0 aliphatic heterocycles. The number of nitrogens with one attached hydrogen (secondary N) is 2. The van der Waals surface area contributed by atoms with Crippen LogP contribution in [-0.4, -0.2) is 24.1 Å². The number of aromatic nitrogens is 2. The van der Waals surface area contributed by atoms with Crippen molar-refractivity contribution < 1.29 is 4.74 Å². The van der Waals surface area contributed by atoms with Crippen molar-refractivity contribution in [2.24, 2.45) is 0 Å². The fourth-order valence-electron chi connectivity index (χ4n) is 1.88. The molecule has 1 unspecified atom stereocenters. The second-order valence-corrected chi connectivity index (χ2v) is 4.95. The lowest BCUT2D eigenvalue weighted by Gasteiger charge is -2.18. The highest BCUT2D eigenvalue weighted by Gasteiger charge is 2.16. The largest absolute Gasteiger partial charge is 0.490 e. The number of thiophene rings is 1. The number of methoxy groups -OCH3 is 1. The summed E-state index contributed by atoms with van der Waals surface area (Å²) in [5, 5.41) is 8.50. The third kappa shape index (κ3) is 2.96. The van der Waals surface area contributed by atoms with Crippen LogP contribution in [0.2, 0.25) is 0 Å². The fraction of sp³-hybridized carbons (Fsp3) is 0.385. The molecule has 6 heteroatoms. The Kier molecular flexibility index (Phi) is 4.57. The SMILES string of the molecule is CCC(Nc1ncnc(NC)c1OC)c1cccs1. The van der Waals surface area contributed by atoms with Gasteiger partial charge in [0, 0.05) is 11.9 Å². The number of hydrogen-bond acceptors (Lipinski definition) is 6. The molecule has 5 nitrogen and oxygen atoms in total. The summed E-state index contributed by atoms with van der Waals surface area (Å²) in [5.74, 6) is 2.03. The molecule has 0 fully saturated rings. The zero-order valence-corrected chi connectivity index (χ0v) is 12.1. The Balaban J connectivity index is 2.27. The van der Waals surface area contributed by atoms with Gasteiger partial charge in [-0.2, -0.15) is 0 Å². The molecule has 2 N–H and O–H groups in total. The summed E-state index contributed by atoms with van der Waals surface area (Å²) in [6.07, 6.45) is 2.50. The standard InChI is InChI=1S/C13H18N4OS/c1-4-9(10-6-5-7-19-10)17-13-11(18-3)12(14-2)15-8-16-13/h5-9H,4H2,1-3H3,(H2,14,15,16,17). The molecule has 0 spiro atoms. The van der Waals surface area contributed by atoms with E-state index in [2.05, 4.69) is 45.0 Å². The summed E-state index contributed by atoms with van der Waals surface area (Å²) in [4.78, 5) is 9.70. The first kappa shape index (κ1) is 13.6. The van der Waals surface area contributed by atoms with E-state index in [1.54, 1.807) is 18.4 Å². The molecular weight excluding hydrogens is 260 g/mol. The molecule has 2 rings (SSSR count). The van der Waals surface area contributed by atoms with Crippen LogP contribution in [0.3, 0.4) is 0 Å². The van der Waals surface area contributed by atoms with Gasteiger partial charge >= 0.3 is 0 Å². The Labute approximate surface area is 117 Å². The van der Waals surface area contributed by atoms with Crippen LogP contribution in [0.4, 0.5) is 11.6 Å².